The van der Waals surface area contributed by atoms with Gasteiger partial charge in [0.1, 0.15) is 26.9 Å². The van der Waals surface area contributed by atoms with Crippen molar-refractivity contribution in [1.29, 1.82) is 0 Å². The van der Waals surface area contributed by atoms with Gasteiger partial charge in [-0.2, -0.15) is 0 Å². The Morgan fingerprint density at radius 3 is 2.36 bits per heavy atom. The van der Waals surface area contributed by atoms with Crippen molar-refractivity contribution < 1.29 is 9.90 Å². The van der Waals surface area contributed by atoms with Gasteiger partial charge in [0.15, 0.2) is 0 Å². The van der Waals surface area contributed by atoms with Crippen LogP contribution in [0.3, 0.4) is 0 Å². The highest BCUT2D eigenvalue weighted by Gasteiger charge is 2.19. The molecule has 0 aliphatic carbocycles. The van der Waals surface area contributed by atoms with Gasteiger partial charge in [0, 0.05) is 13.0 Å². The van der Waals surface area contributed by atoms with Gasteiger partial charge in [-0.1, -0.05) is 55.8 Å². The molecule has 0 aliphatic heterocycles. The molecule has 0 amide bonds. The number of hydrogen-bond donors (Lipinski definition) is 1. The summed E-state index contributed by atoms with van der Waals surface area (Å²) in [6, 6.07) is 15.2. The average molecular weight is 479 g/mol. The van der Waals surface area contributed by atoms with Crippen molar-refractivity contribution in [2.45, 2.75) is 42.8 Å². The Balaban J connectivity index is 1.75. The number of carboxylic acid groups (broad SMARTS) is 1. The number of carboxylic acids is 1. The summed E-state index contributed by atoms with van der Waals surface area (Å²) in [5, 5.41) is 20.1. The number of carbonyl (C=O) groups is 1. The average Bonchev–Trinajstić information content (AvgIpc) is 3.20. The maximum atomic E-state index is 11.6. The van der Waals surface area contributed by atoms with Crippen LogP contribution in [0.15, 0.2) is 58.6 Å². The third kappa shape index (κ3) is 4.77. The molecule has 170 valence electrons. The van der Waals surface area contributed by atoms with E-state index >= 15 is 0 Å². The summed E-state index contributed by atoms with van der Waals surface area (Å²) in [7, 11) is 0. The van der Waals surface area contributed by atoms with E-state index in [9.17, 15) is 9.90 Å². The van der Waals surface area contributed by atoms with Crippen molar-refractivity contribution >= 4 is 40.5 Å². The van der Waals surface area contributed by atoms with Gasteiger partial charge in [-0.15, -0.1) is 33.7 Å². The maximum Gasteiger partial charge on any atom is 0.336 e. The highest BCUT2D eigenvalue weighted by atomic mass is 32.2. The summed E-state index contributed by atoms with van der Waals surface area (Å²) in [6.45, 7) is 2.86. The molecule has 0 aliphatic rings. The molecule has 0 radical (unpaired) electrons. The van der Waals surface area contributed by atoms with E-state index in [-0.39, 0.29) is 0 Å². The largest absolute Gasteiger partial charge is 0.478 e. The highest BCUT2D eigenvalue weighted by Crippen LogP contribution is 2.32. The number of imidazole rings is 1. The van der Waals surface area contributed by atoms with E-state index in [0.717, 1.165) is 62.9 Å². The summed E-state index contributed by atoms with van der Waals surface area (Å²) in [4.78, 5) is 16.6. The third-order valence-electron chi connectivity index (χ3n) is 5.59. The SMILES string of the molecule is CCCCc1nc2c(SC)nnc(SC)c2n1Cc1ccc(-c2ccccc2C(=O)O)cc1. The molecule has 4 rings (SSSR count). The molecule has 1 N–H and O–H groups in total. The minimum Gasteiger partial charge on any atom is -0.478 e. The minimum atomic E-state index is -0.921. The molecule has 8 heteroatoms. The Bertz CT molecular complexity index is 1290. The Labute approximate surface area is 201 Å². The van der Waals surface area contributed by atoms with Crippen molar-refractivity contribution in [2.24, 2.45) is 0 Å². The lowest BCUT2D eigenvalue weighted by Gasteiger charge is -2.12. The normalized spacial score (nSPS) is 11.2. The number of rotatable bonds is 9. The molecule has 0 spiro atoms. The topological polar surface area (TPSA) is 80.9 Å². The van der Waals surface area contributed by atoms with Crippen LogP contribution in [0.25, 0.3) is 22.2 Å². The van der Waals surface area contributed by atoms with Crippen LogP contribution in [0.1, 0.15) is 41.5 Å². The first-order valence-electron chi connectivity index (χ1n) is 10.8. The van der Waals surface area contributed by atoms with E-state index in [4.69, 9.17) is 4.98 Å². The number of thioether (sulfide) groups is 2. The van der Waals surface area contributed by atoms with Crippen molar-refractivity contribution in [3.8, 4) is 11.1 Å². The van der Waals surface area contributed by atoms with Crippen LogP contribution in [0.2, 0.25) is 0 Å². The summed E-state index contributed by atoms with van der Waals surface area (Å²) in [6.07, 6.45) is 7.08. The number of nitrogens with zero attached hydrogens (tertiary/aromatic N) is 4. The van der Waals surface area contributed by atoms with Gasteiger partial charge < -0.3 is 9.67 Å². The Morgan fingerprint density at radius 2 is 1.70 bits per heavy atom. The van der Waals surface area contributed by atoms with Crippen molar-refractivity contribution in [3.05, 3.63) is 65.5 Å². The smallest absolute Gasteiger partial charge is 0.336 e. The predicted molar refractivity (Wildman–Crippen MR) is 135 cm³/mol. The maximum absolute atomic E-state index is 11.6. The predicted octanol–water partition coefficient (Wildman–Crippen LogP) is 6.03. The van der Waals surface area contributed by atoms with Gasteiger partial charge in [0.25, 0.3) is 0 Å². The fourth-order valence-electron chi connectivity index (χ4n) is 3.92. The third-order valence-corrected chi connectivity index (χ3v) is 6.91. The molecular weight excluding hydrogens is 452 g/mol. The molecule has 0 unspecified atom stereocenters. The van der Waals surface area contributed by atoms with Crippen LogP contribution in [0, 0.1) is 0 Å². The van der Waals surface area contributed by atoms with Gasteiger partial charge in [-0.25, -0.2) is 9.78 Å². The minimum absolute atomic E-state index is 0.306. The van der Waals surface area contributed by atoms with Crippen LogP contribution in [0.4, 0.5) is 0 Å². The van der Waals surface area contributed by atoms with E-state index in [1.807, 2.05) is 36.8 Å². The lowest BCUT2D eigenvalue weighted by Crippen LogP contribution is -2.07. The monoisotopic (exact) mass is 478 g/mol. The number of aryl methyl sites for hydroxylation is 1. The summed E-state index contributed by atoms with van der Waals surface area (Å²) < 4.78 is 2.27. The molecule has 2 aromatic heterocycles. The van der Waals surface area contributed by atoms with E-state index in [0.29, 0.717) is 12.1 Å². The molecule has 6 nitrogen and oxygen atoms in total. The number of fused-ring (bicyclic) bond motifs is 1. The number of aromatic nitrogens is 4. The number of aromatic carboxylic acids is 1. The first-order chi connectivity index (χ1) is 16.1. The standard InChI is InChI=1S/C25H26N4O2S2/c1-4-5-10-20-26-21-22(24(33-3)28-27-23(21)32-2)29(20)15-16-11-13-17(14-12-16)18-8-6-7-9-19(18)25(30)31/h6-9,11-14H,4-5,10,15H2,1-3H3,(H,30,31). The lowest BCUT2D eigenvalue weighted by atomic mass is 9.99. The zero-order chi connectivity index (χ0) is 23.4. The molecular formula is C25H26N4O2S2. The van der Waals surface area contributed by atoms with Crippen molar-refractivity contribution in [3.63, 3.8) is 0 Å². The van der Waals surface area contributed by atoms with Crippen LogP contribution >= 0.6 is 23.5 Å². The van der Waals surface area contributed by atoms with Crippen molar-refractivity contribution in [1.82, 2.24) is 19.7 Å². The molecule has 2 heterocycles. The number of unbranched alkanes of at least 4 members (excludes halogenated alkanes) is 1. The fourth-order valence-corrected chi connectivity index (χ4v) is 4.90. The molecule has 0 bridgehead atoms. The zero-order valence-electron chi connectivity index (χ0n) is 18.9. The summed E-state index contributed by atoms with van der Waals surface area (Å²) in [5.41, 5.74) is 4.99. The Kier molecular flexibility index (Phi) is 7.35. The van der Waals surface area contributed by atoms with E-state index < -0.39 is 5.97 Å². The second kappa shape index (κ2) is 10.4. The Morgan fingerprint density at radius 1 is 1.00 bits per heavy atom. The molecule has 0 saturated carbocycles. The fraction of sp³-hybridized carbons (Fsp3) is 0.280. The Hall–Kier alpha value is -2.84. The van der Waals surface area contributed by atoms with E-state index in [1.54, 1.807) is 35.7 Å². The van der Waals surface area contributed by atoms with Gasteiger partial charge in [-0.3, -0.25) is 0 Å². The number of hydrogen-bond acceptors (Lipinski definition) is 6. The first-order valence-corrected chi connectivity index (χ1v) is 13.3. The molecule has 0 fully saturated rings. The van der Waals surface area contributed by atoms with Gasteiger partial charge >= 0.3 is 5.97 Å². The van der Waals surface area contributed by atoms with E-state index in [2.05, 4.69) is 33.8 Å². The van der Waals surface area contributed by atoms with Crippen LogP contribution < -0.4 is 0 Å². The molecule has 0 atom stereocenters. The second-order valence-corrected chi connectivity index (χ2v) is 9.27. The summed E-state index contributed by atoms with van der Waals surface area (Å²) in [5.74, 6) is 0.128. The van der Waals surface area contributed by atoms with E-state index in [1.165, 1.54) is 0 Å². The molecule has 4 aromatic rings. The first kappa shape index (κ1) is 23.3. The number of benzene rings is 2. The van der Waals surface area contributed by atoms with Gasteiger partial charge in [-0.05, 0) is 41.7 Å². The second-order valence-electron chi connectivity index (χ2n) is 7.68. The van der Waals surface area contributed by atoms with Crippen LogP contribution in [-0.2, 0) is 13.0 Å². The molecule has 2 aromatic carbocycles. The zero-order valence-corrected chi connectivity index (χ0v) is 20.5. The quantitative estimate of drug-likeness (QED) is 0.294. The van der Waals surface area contributed by atoms with Crippen LogP contribution in [-0.4, -0.2) is 43.3 Å². The lowest BCUT2D eigenvalue weighted by molar-refractivity contribution is 0.0697. The van der Waals surface area contributed by atoms with Crippen LogP contribution in [0.5, 0.6) is 0 Å². The summed E-state index contributed by atoms with van der Waals surface area (Å²) >= 11 is 3.15. The highest BCUT2D eigenvalue weighted by molar-refractivity contribution is 7.99. The van der Waals surface area contributed by atoms with Gasteiger partial charge in [0.05, 0.1) is 5.56 Å². The van der Waals surface area contributed by atoms with Gasteiger partial charge in [0.2, 0.25) is 0 Å². The molecule has 0 saturated heterocycles. The molecule has 33 heavy (non-hydrogen) atoms. The van der Waals surface area contributed by atoms with Crippen molar-refractivity contribution in [2.75, 3.05) is 12.5 Å².